The van der Waals surface area contributed by atoms with E-state index in [0.717, 1.165) is 37.7 Å². The van der Waals surface area contributed by atoms with Crippen LogP contribution in [0.2, 0.25) is 0 Å². The van der Waals surface area contributed by atoms with Crippen LogP contribution in [0.3, 0.4) is 0 Å². The van der Waals surface area contributed by atoms with Gasteiger partial charge in [-0.15, -0.1) is 0 Å². The van der Waals surface area contributed by atoms with E-state index in [1.165, 1.54) is 12.5 Å². The van der Waals surface area contributed by atoms with Crippen molar-refractivity contribution in [3.8, 4) is 11.3 Å². The summed E-state index contributed by atoms with van der Waals surface area (Å²) in [5.41, 5.74) is 2.78. The Morgan fingerprint density at radius 3 is 2.47 bits per heavy atom. The SMILES string of the molecule is O=C1C(=O)N(c2ccc(-c3ccon3)cc2)C(C2CCCCC2)C1=C(O)c1cccnc1. The molecule has 162 valence electrons. The number of nitrogens with zero attached hydrogens (tertiary/aromatic N) is 3. The molecule has 3 heterocycles. The van der Waals surface area contributed by atoms with Crippen molar-refractivity contribution < 1.29 is 19.2 Å². The van der Waals surface area contributed by atoms with E-state index in [-0.39, 0.29) is 17.3 Å². The minimum Gasteiger partial charge on any atom is -0.507 e. The molecule has 0 radical (unpaired) electrons. The number of ketones is 1. The molecular formula is C25H23N3O4. The molecule has 1 aliphatic carbocycles. The van der Waals surface area contributed by atoms with Crippen LogP contribution in [-0.2, 0) is 9.59 Å². The lowest BCUT2D eigenvalue weighted by atomic mass is 9.80. The third-order valence-electron chi connectivity index (χ3n) is 6.40. The molecule has 3 aromatic rings. The fourth-order valence-electron chi connectivity index (χ4n) is 4.85. The number of carbonyl (C=O) groups excluding carboxylic acids is 2. The van der Waals surface area contributed by atoms with Gasteiger partial charge in [0.25, 0.3) is 11.7 Å². The molecule has 2 fully saturated rings. The van der Waals surface area contributed by atoms with Crippen molar-refractivity contribution in [2.75, 3.05) is 4.90 Å². The van der Waals surface area contributed by atoms with Crippen molar-refractivity contribution in [3.05, 3.63) is 72.3 Å². The number of benzene rings is 1. The van der Waals surface area contributed by atoms with Crippen LogP contribution < -0.4 is 4.90 Å². The van der Waals surface area contributed by atoms with E-state index >= 15 is 0 Å². The Morgan fingerprint density at radius 1 is 1.03 bits per heavy atom. The molecule has 1 aliphatic heterocycles. The standard InChI is InChI=1S/C25H23N3O4/c29-23(18-7-4-13-26-15-18)21-22(17-5-2-1-3-6-17)28(25(31)24(21)30)19-10-8-16(9-11-19)20-12-14-32-27-20/h4,7-15,17,22,29H,1-3,5-6H2. The van der Waals surface area contributed by atoms with Crippen LogP contribution in [0.5, 0.6) is 0 Å². The Hall–Kier alpha value is -3.74. The first-order valence-electron chi connectivity index (χ1n) is 10.9. The average Bonchev–Trinajstić information content (AvgIpc) is 3.47. The third kappa shape index (κ3) is 3.49. The summed E-state index contributed by atoms with van der Waals surface area (Å²) in [6.45, 7) is 0. The van der Waals surface area contributed by atoms with Gasteiger partial charge in [0.05, 0.1) is 11.6 Å². The van der Waals surface area contributed by atoms with E-state index < -0.39 is 17.7 Å². The minimum absolute atomic E-state index is 0.100. The molecule has 7 nitrogen and oxygen atoms in total. The van der Waals surface area contributed by atoms with E-state index in [9.17, 15) is 14.7 Å². The lowest BCUT2D eigenvalue weighted by molar-refractivity contribution is -0.132. The van der Waals surface area contributed by atoms with Gasteiger partial charge < -0.3 is 9.63 Å². The van der Waals surface area contributed by atoms with E-state index in [2.05, 4.69) is 10.1 Å². The zero-order chi connectivity index (χ0) is 22.1. The Labute approximate surface area is 185 Å². The van der Waals surface area contributed by atoms with Gasteiger partial charge in [-0.25, -0.2) is 0 Å². The number of pyridine rings is 1. The molecule has 1 saturated heterocycles. The van der Waals surface area contributed by atoms with Crippen molar-refractivity contribution >= 4 is 23.1 Å². The second-order valence-corrected chi connectivity index (χ2v) is 8.28. The molecule has 32 heavy (non-hydrogen) atoms. The van der Waals surface area contributed by atoms with Gasteiger partial charge in [0.2, 0.25) is 0 Å². The molecule has 7 heteroatoms. The number of rotatable bonds is 4. The van der Waals surface area contributed by atoms with Gasteiger partial charge in [-0.2, -0.15) is 0 Å². The van der Waals surface area contributed by atoms with Gasteiger partial charge in [0, 0.05) is 35.3 Å². The summed E-state index contributed by atoms with van der Waals surface area (Å²) in [4.78, 5) is 32.0. The number of anilines is 1. The summed E-state index contributed by atoms with van der Waals surface area (Å²) in [5, 5.41) is 15.0. The van der Waals surface area contributed by atoms with Crippen molar-refractivity contribution in [1.29, 1.82) is 0 Å². The summed E-state index contributed by atoms with van der Waals surface area (Å²) in [5.74, 6) is -1.32. The summed E-state index contributed by atoms with van der Waals surface area (Å²) < 4.78 is 4.91. The van der Waals surface area contributed by atoms with Crippen LogP contribution in [-0.4, -0.2) is 33.0 Å². The van der Waals surface area contributed by atoms with Crippen LogP contribution in [0.25, 0.3) is 17.0 Å². The molecule has 1 saturated carbocycles. The zero-order valence-corrected chi connectivity index (χ0v) is 17.5. The number of aromatic nitrogens is 2. The number of Topliss-reactive ketones (excluding diaryl/α,β-unsaturated/α-hetero) is 1. The molecule has 0 spiro atoms. The summed E-state index contributed by atoms with van der Waals surface area (Å²) in [6, 6.07) is 12.0. The van der Waals surface area contributed by atoms with Crippen LogP contribution in [0.1, 0.15) is 37.7 Å². The maximum absolute atomic E-state index is 13.2. The normalized spacial score (nSPS) is 21.2. The second-order valence-electron chi connectivity index (χ2n) is 8.28. The Balaban J connectivity index is 1.59. The van der Waals surface area contributed by atoms with Crippen molar-refractivity contribution in [2.45, 2.75) is 38.1 Å². The monoisotopic (exact) mass is 429 g/mol. The average molecular weight is 429 g/mol. The quantitative estimate of drug-likeness (QED) is 0.371. The van der Waals surface area contributed by atoms with Crippen molar-refractivity contribution in [3.63, 3.8) is 0 Å². The van der Waals surface area contributed by atoms with Crippen molar-refractivity contribution in [2.24, 2.45) is 5.92 Å². The first-order chi connectivity index (χ1) is 15.6. The van der Waals surface area contributed by atoms with Gasteiger partial charge in [-0.05, 0) is 43.0 Å². The number of amides is 1. The lowest BCUT2D eigenvalue weighted by Crippen LogP contribution is -2.40. The highest BCUT2D eigenvalue weighted by Gasteiger charge is 2.49. The second kappa shape index (κ2) is 8.42. The first-order valence-corrected chi connectivity index (χ1v) is 10.9. The fourth-order valence-corrected chi connectivity index (χ4v) is 4.85. The van der Waals surface area contributed by atoms with Gasteiger partial charge in [-0.3, -0.25) is 19.5 Å². The minimum atomic E-state index is -0.650. The molecular weight excluding hydrogens is 406 g/mol. The third-order valence-corrected chi connectivity index (χ3v) is 6.40. The first kappa shape index (κ1) is 20.2. The van der Waals surface area contributed by atoms with Gasteiger partial charge >= 0.3 is 0 Å². The predicted molar refractivity (Wildman–Crippen MR) is 119 cm³/mol. The Kier molecular flexibility index (Phi) is 5.31. The molecule has 1 unspecified atom stereocenters. The van der Waals surface area contributed by atoms with E-state index in [4.69, 9.17) is 4.52 Å². The highest BCUT2D eigenvalue weighted by Crippen LogP contribution is 2.41. The number of aliphatic hydroxyl groups is 1. The highest BCUT2D eigenvalue weighted by molar-refractivity contribution is 6.51. The molecule has 1 aromatic carbocycles. The van der Waals surface area contributed by atoms with Crippen LogP contribution in [0.4, 0.5) is 5.69 Å². The molecule has 1 amide bonds. The topological polar surface area (TPSA) is 96.5 Å². The lowest BCUT2D eigenvalue weighted by Gasteiger charge is -2.34. The molecule has 1 N–H and O–H groups in total. The largest absolute Gasteiger partial charge is 0.507 e. The fraction of sp³-hybridized carbons (Fsp3) is 0.280. The zero-order valence-electron chi connectivity index (χ0n) is 17.5. The summed E-state index contributed by atoms with van der Waals surface area (Å²) in [6.07, 6.45) is 9.66. The molecule has 2 aromatic heterocycles. The van der Waals surface area contributed by atoms with E-state index in [1.54, 1.807) is 29.3 Å². The van der Waals surface area contributed by atoms with Crippen LogP contribution in [0, 0.1) is 5.92 Å². The van der Waals surface area contributed by atoms with Gasteiger partial charge in [0.1, 0.15) is 17.7 Å². The number of hydrogen-bond donors (Lipinski definition) is 1. The van der Waals surface area contributed by atoms with E-state index in [0.29, 0.717) is 16.9 Å². The highest BCUT2D eigenvalue weighted by atomic mass is 16.5. The smallest absolute Gasteiger partial charge is 0.299 e. The van der Waals surface area contributed by atoms with E-state index in [1.807, 2.05) is 24.3 Å². The van der Waals surface area contributed by atoms with Crippen molar-refractivity contribution in [1.82, 2.24) is 10.1 Å². The molecule has 5 rings (SSSR count). The summed E-state index contributed by atoms with van der Waals surface area (Å²) in [7, 11) is 0. The predicted octanol–water partition coefficient (Wildman–Crippen LogP) is 4.57. The summed E-state index contributed by atoms with van der Waals surface area (Å²) >= 11 is 0. The Bertz CT molecular complexity index is 1150. The van der Waals surface area contributed by atoms with Gasteiger partial charge in [-0.1, -0.05) is 36.6 Å². The van der Waals surface area contributed by atoms with Gasteiger partial charge in [0.15, 0.2) is 0 Å². The molecule has 1 atom stereocenters. The Morgan fingerprint density at radius 2 is 1.81 bits per heavy atom. The van der Waals surface area contributed by atoms with Crippen LogP contribution in [0.15, 0.2) is 71.2 Å². The number of hydrogen-bond acceptors (Lipinski definition) is 6. The van der Waals surface area contributed by atoms with Crippen LogP contribution >= 0.6 is 0 Å². The maximum Gasteiger partial charge on any atom is 0.299 e. The molecule has 0 bridgehead atoms. The number of aliphatic hydroxyl groups excluding tert-OH is 1. The maximum atomic E-state index is 13.2. The molecule has 2 aliphatic rings. The number of carbonyl (C=O) groups is 2.